The Hall–Kier alpha value is -1.71. The molecule has 0 saturated carbocycles. The van der Waals surface area contributed by atoms with E-state index >= 15 is 0 Å². The molecule has 0 bridgehead atoms. The maximum atomic E-state index is 13.8. The van der Waals surface area contributed by atoms with Gasteiger partial charge in [0.25, 0.3) is 0 Å². The molecular formula is C12H14FN3. The molecule has 2 aromatic rings. The van der Waals surface area contributed by atoms with E-state index in [9.17, 15) is 4.39 Å². The topological polar surface area (TPSA) is 30.7 Å². The van der Waals surface area contributed by atoms with E-state index in [-0.39, 0.29) is 5.82 Å². The van der Waals surface area contributed by atoms with Crippen LogP contribution < -0.4 is 0 Å². The van der Waals surface area contributed by atoms with Crippen molar-refractivity contribution in [1.29, 1.82) is 0 Å². The van der Waals surface area contributed by atoms with Crippen molar-refractivity contribution in [3.05, 3.63) is 41.7 Å². The second-order valence-electron chi connectivity index (χ2n) is 4.10. The Morgan fingerprint density at radius 2 is 2.06 bits per heavy atom. The van der Waals surface area contributed by atoms with Gasteiger partial charge in [0, 0.05) is 0 Å². The fourth-order valence-corrected chi connectivity index (χ4v) is 1.53. The van der Waals surface area contributed by atoms with E-state index in [2.05, 4.69) is 10.1 Å². The van der Waals surface area contributed by atoms with Crippen molar-refractivity contribution in [2.24, 2.45) is 0 Å². The molecule has 84 valence electrons. The van der Waals surface area contributed by atoms with Crippen LogP contribution in [0.15, 0.2) is 24.5 Å². The van der Waals surface area contributed by atoms with Crippen LogP contribution in [0.2, 0.25) is 0 Å². The Morgan fingerprint density at radius 1 is 1.31 bits per heavy atom. The summed E-state index contributed by atoms with van der Waals surface area (Å²) < 4.78 is 15.3. The van der Waals surface area contributed by atoms with Gasteiger partial charge in [0.15, 0.2) is 0 Å². The normalized spacial score (nSPS) is 11.1. The van der Waals surface area contributed by atoms with Crippen LogP contribution in [0.3, 0.4) is 0 Å². The third-order valence-corrected chi connectivity index (χ3v) is 2.49. The van der Waals surface area contributed by atoms with Gasteiger partial charge in [0.05, 0.1) is 0 Å². The highest BCUT2D eigenvalue weighted by molar-refractivity contribution is 5.36. The van der Waals surface area contributed by atoms with Crippen molar-refractivity contribution in [3.8, 4) is 5.69 Å². The smallest absolute Gasteiger partial charge is 0.149 e. The first kappa shape index (κ1) is 10.8. The zero-order valence-corrected chi connectivity index (χ0v) is 9.61. The fourth-order valence-electron chi connectivity index (χ4n) is 1.53. The van der Waals surface area contributed by atoms with E-state index < -0.39 is 0 Å². The van der Waals surface area contributed by atoms with E-state index in [1.807, 2.05) is 19.9 Å². The summed E-state index contributed by atoms with van der Waals surface area (Å²) in [6.45, 7) is 5.85. The molecule has 0 fully saturated rings. The van der Waals surface area contributed by atoms with Crippen LogP contribution in [-0.4, -0.2) is 14.8 Å². The molecule has 0 unspecified atom stereocenters. The Morgan fingerprint density at radius 3 is 2.56 bits per heavy atom. The summed E-state index contributed by atoms with van der Waals surface area (Å²) in [6.07, 6.45) is 1.52. The highest BCUT2D eigenvalue weighted by Gasteiger charge is 2.08. The summed E-state index contributed by atoms with van der Waals surface area (Å²) >= 11 is 0. The minimum Gasteiger partial charge on any atom is -0.220 e. The highest BCUT2D eigenvalue weighted by atomic mass is 19.1. The standard InChI is InChI=1S/C12H14FN3/c1-8(2)10-4-5-12(11(13)6-10)16-7-14-9(3)15-16/h4-8H,1-3H3. The van der Waals surface area contributed by atoms with E-state index in [1.165, 1.54) is 11.0 Å². The maximum absolute atomic E-state index is 13.8. The first-order chi connectivity index (χ1) is 7.58. The number of nitrogens with zero attached hydrogens (tertiary/aromatic N) is 3. The number of hydrogen-bond donors (Lipinski definition) is 0. The minimum atomic E-state index is -0.267. The van der Waals surface area contributed by atoms with Gasteiger partial charge in [-0.2, -0.15) is 5.10 Å². The Bertz CT molecular complexity index is 503. The number of rotatable bonds is 2. The molecular weight excluding hydrogens is 205 g/mol. The SMILES string of the molecule is Cc1ncn(-c2ccc(C(C)C)cc2F)n1. The van der Waals surface area contributed by atoms with Crippen LogP contribution in [0, 0.1) is 12.7 Å². The monoisotopic (exact) mass is 219 g/mol. The lowest BCUT2D eigenvalue weighted by Crippen LogP contribution is -2.00. The summed E-state index contributed by atoms with van der Waals surface area (Å²) in [5.41, 5.74) is 1.42. The van der Waals surface area contributed by atoms with Crippen molar-refractivity contribution >= 4 is 0 Å². The average Bonchev–Trinajstić information content (AvgIpc) is 2.64. The summed E-state index contributed by atoms with van der Waals surface area (Å²) in [4.78, 5) is 3.98. The van der Waals surface area contributed by atoms with Crippen LogP contribution >= 0.6 is 0 Å². The predicted molar refractivity (Wildman–Crippen MR) is 60.1 cm³/mol. The maximum Gasteiger partial charge on any atom is 0.149 e. The van der Waals surface area contributed by atoms with Crippen molar-refractivity contribution in [1.82, 2.24) is 14.8 Å². The van der Waals surface area contributed by atoms with E-state index in [4.69, 9.17) is 0 Å². The zero-order chi connectivity index (χ0) is 11.7. The van der Waals surface area contributed by atoms with Gasteiger partial charge < -0.3 is 0 Å². The van der Waals surface area contributed by atoms with Crippen LogP contribution in [0.25, 0.3) is 5.69 Å². The van der Waals surface area contributed by atoms with Gasteiger partial charge in [-0.1, -0.05) is 19.9 Å². The summed E-state index contributed by atoms with van der Waals surface area (Å²) in [5, 5.41) is 4.08. The van der Waals surface area contributed by atoms with Gasteiger partial charge in [0.1, 0.15) is 23.7 Å². The molecule has 2 rings (SSSR count). The lowest BCUT2D eigenvalue weighted by Gasteiger charge is -2.08. The Labute approximate surface area is 93.9 Å². The second-order valence-corrected chi connectivity index (χ2v) is 4.10. The molecule has 16 heavy (non-hydrogen) atoms. The number of aromatic nitrogens is 3. The fraction of sp³-hybridized carbons (Fsp3) is 0.333. The number of hydrogen-bond acceptors (Lipinski definition) is 2. The van der Waals surface area contributed by atoms with Gasteiger partial charge in [-0.3, -0.25) is 0 Å². The van der Waals surface area contributed by atoms with Crippen molar-refractivity contribution in [3.63, 3.8) is 0 Å². The predicted octanol–water partition coefficient (Wildman–Crippen LogP) is 2.84. The van der Waals surface area contributed by atoms with Crippen molar-refractivity contribution in [2.45, 2.75) is 26.7 Å². The number of halogens is 1. The molecule has 0 N–H and O–H groups in total. The van der Waals surface area contributed by atoms with E-state index in [0.29, 0.717) is 17.4 Å². The molecule has 0 aliphatic rings. The van der Waals surface area contributed by atoms with Crippen LogP contribution in [-0.2, 0) is 0 Å². The Kier molecular flexibility index (Phi) is 2.73. The summed E-state index contributed by atoms with van der Waals surface area (Å²) in [5.74, 6) is 0.685. The molecule has 1 heterocycles. The van der Waals surface area contributed by atoms with Gasteiger partial charge in [-0.25, -0.2) is 14.1 Å². The zero-order valence-electron chi connectivity index (χ0n) is 9.61. The molecule has 4 heteroatoms. The average molecular weight is 219 g/mol. The third-order valence-electron chi connectivity index (χ3n) is 2.49. The largest absolute Gasteiger partial charge is 0.220 e. The molecule has 1 aromatic carbocycles. The highest BCUT2D eigenvalue weighted by Crippen LogP contribution is 2.19. The molecule has 0 atom stereocenters. The van der Waals surface area contributed by atoms with Gasteiger partial charge in [-0.05, 0) is 30.5 Å². The first-order valence-electron chi connectivity index (χ1n) is 5.26. The molecule has 0 saturated heterocycles. The second kappa shape index (κ2) is 4.04. The number of benzene rings is 1. The molecule has 3 nitrogen and oxygen atoms in total. The molecule has 1 aromatic heterocycles. The van der Waals surface area contributed by atoms with Crippen molar-refractivity contribution < 1.29 is 4.39 Å². The van der Waals surface area contributed by atoms with Gasteiger partial charge >= 0.3 is 0 Å². The molecule has 0 aliphatic carbocycles. The van der Waals surface area contributed by atoms with E-state index in [0.717, 1.165) is 5.56 Å². The van der Waals surface area contributed by atoms with Gasteiger partial charge in [0.2, 0.25) is 0 Å². The van der Waals surface area contributed by atoms with Crippen LogP contribution in [0.5, 0.6) is 0 Å². The quantitative estimate of drug-likeness (QED) is 0.777. The molecule has 0 amide bonds. The van der Waals surface area contributed by atoms with Crippen molar-refractivity contribution in [2.75, 3.05) is 0 Å². The van der Waals surface area contributed by atoms with E-state index in [1.54, 1.807) is 19.1 Å². The minimum absolute atomic E-state index is 0.267. The Balaban J connectivity index is 2.44. The molecule has 0 radical (unpaired) electrons. The third kappa shape index (κ3) is 1.96. The van der Waals surface area contributed by atoms with Gasteiger partial charge in [-0.15, -0.1) is 0 Å². The van der Waals surface area contributed by atoms with Crippen LogP contribution in [0.1, 0.15) is 31.2 Å². The summed E-state index contributed by atoms with van der Waals surface area (Å²) in [6, 6.07) is 5.20. The lowest BCUT2D eigenvalue weighted by atomic mass is 10.0. The first-order valence-corrected chi connectivity index (χ1v) is 5.26. The summed E-state index contributed by atoms with van der Waals surface area (Å²) in [7, 11) is 0. The van der Waals surface area contributed by atoms with Crippen LogP contribution in [0.4, 0.5) is 4.39 Å². The lowest BCUT2D eigenvalue weighted by molar-refractivity contribution is 0.606. The molecule has 0 aliphatic heterocycles. The number of aryl methyl sites for hydroxylation is 1. The molecule has 0 spiro atoms.